The summed E-state index contributed by atoms with van der Waals surface area (Å²) in [5.41, 5.74) is 0.884. The van der Waals surface area contributed by atoms with E-state index in [4.69, 9.17) is 0 Å². The summed E-state index contributed by atoms with van der Waals surface area (Å²) in [4.78, 5) is 24.3. The summed E-state index contributed by atoms with van der Waals surface area (Å²) in [5.74, 6) is 0.563. The van der Waals surface area contributed by atoms with E-state index in [9.17, 15) is 9.90 Å². The number of aliphatic hydroxyl groups is 1. The molecule has 6 heteroatoms. The molecule has 2 heterocycles. The van der Waals surface area contributed by atoms with Crippen molar-refractivity contribution in [3.05, 3.63) is 30.5 Å². The number of hydrogen-bond donors (Lipinski definition) is 1. The van der Waals surface area contributed by atoms with Gasteiger partial charge in [-0.05, 0) is 6.07 Å². The van der Waals surface area contributed by atoms with Crippen molar-refractivity contribution in [3.8, 4) is 0 Å². The molecule has 1 N–H and O–H groups in total. The van der Waals surface area contributed by atoms with Crippen LogP contribution < -0.4 is 4.90 Å². The minimum absolute atomic E-state index is 0.0327. The van der Waals surface area contributed by atoms with Crippen molar-refractivity contribution < 1.29 is 9.90 Å². The highest BCUT2D eigenvalue weighted by Crippen LogP contribution is 2.25. The third-order valence-electron chi connectivity index (χ3n) is 4.10. The van der Waals surface area contributed by atoms with Crippen molar-refractivity contribution >= 4 is 22.8 Å². The van der Waals surface area contributed by atoms with Crippen LogP contribution in [0.4, 0.5) is 5.95 Å². The van der Waals surface area contributed by atoms with E-state index in [1.807, 2.05) is 29.2 Å². The minimum atomic E-state index is -0.529. The molecule has 3 rings (SSSR count). The maximum atomic E-state index is 11.8. The molecular weight excluding hydrogens is 280 g/mol. The van der Waals surface area contributed by atoms with Crippen LogP contribution in [0.2, 0.25) is 0 Å². The molecule has 1 fully saturated rings. The lowest BCUT2D eigenvalue weighted by Gasteiger charge is -2.17. The molecule has 1 aliphatic rings. The monoisotopic (exact) mass is 300 g/mol. The van der Waals surface area contributed by atoms with Crippen LogP contribution >= 0.6 is 0 Å². The number of benzene rings is 1. The van der Waals surface area contributed by atoms with Gasteiger partial charge in [0, 0.05) is 51.1 Å². The van der Waals surface area contributed by atoms with Crippen molar-refractivity contribution in [2.24, 2.45) is 5.92 Å². The van der Waals surface area contributed by atoms with Gasteiger partial charge in [0.2, 0.25) is 11.9 Å². The fourth-order valence-electron chi connectivity index (χ4n) is 2.74. The molecular formula is C16H20N4O2. The first-order chi connectivity index (χ1) is 10.5. The fraction of sp³-hybridized carbons (Fsp3) is 0.438. The molecule has 2 aromatic rings. The standard InChI is InChI=1S/C16H20N4O2/c1-19(2)15(22)7-12-9-20(10-14(12)21)16-17-8-11-5-3-4-6-13(11)18-16/h3-6,8,12,14,21H,7,9-10H2,1-2H3/t12-,14-/m1/s1. The molecule has 0 spiro atoms. The number of β-amino-alcohol motifs (C(OH)–C–C–N with tert-alkyl or cyclic N) is 1. The Morgan fingerprint density at radius 3 is 2.91 bits per heavy atom. The zero-order valence-corrected chi connectivity index (χ0v) is 12.8. The Bertz CT molecular complexity index is 689. The van der Waals surface area contributed by atoms with Gasteiger partial charge in [-0.2, -0.15) is 0 Å². The lowest BCUT2D eigenvalue weighted by Crippen LogP contribution is -2.28. The number of amides is 1. The van der Waals surface area contributed by atoms with Gasteiger partial charge in [-0.25, -0.2) is 9.97 Å². The van der Waals surface area contributed by atoms with Crippen LogP contribution in [-0.2, 0) is 4.79 Å². The van der Waals surface area contributed by atoms with Crippen LogP contribution in [0.3, 0.4) is 0 Å². The van der Waals surface area contributed by atoms with Crippen LogP contribution in [0.1, 0.15) is 6.42 Å². The normalized spacial score (nSPS) is 21.3. The zero-order chi connectivity index (χ0) is 15.7. The Hall–Kier alpha value is -2.21. The Morgan fingerprint density at radius 1 is 1.36 bits per heavy atom. The second-order valence-corrected chi connectivity index (χ2v) is 5.95. The Morgan fingerprint density at radius 2 is 2.14 bits per heavy atom. The average molecular weight is 300 g/mol. The van der Waals surface area contributed by atoms with Gasteiger partial charge in [-0.15, -0.1) is 0 Å². The molecule has 0 saturated carbocycles. The fourth-order valence-corrected chi connectivity index (χ4v) is 2.74. The molecule has 2 atom stereocenters. The summed E-state index contributed by atoms with van der Waals surface area (Å²) in [6, 6.07) is 7.81. The summed E-state index contributed by atoms with van der Waals surface area (Å²) >= 11 is 0. The SMILES string of the molecule is CN(C)C(=O)C[C@@H]1CN(c2ncc3ccccc3n2)C[C@H]1O. The van der Waals surface area contributed by atoms with Gasteiger partial charge in [0.1, 0.15) is 0 Å². The number of aliphatic hydroxyl groups excluding tert-OH is 1. The van der Waals surface area contributed by atoms with E-state index >= 15 is 0 Å². The van der Waals surface area contributed by atoms with E-state index in [1.165, 1.54) is 0 Å². The molecule has 116 valence electrons. The predicted octanol–water partition coefficient (Wildman–Crippen LogP) is 0.905. The number of carbonyl (C=O) groups is 1. The largest absolute Gasteiger partial charge is 0.391 e. The molecule has 1 saturated heterocycles. The van der Waals surface area contributed by atoms with E-state index in [1.54, 1.807) is 25.2 Å². The summed E-state index contributed by atoms with van der Waals surface area (Å²) in [5, 5.41) is 11.2. The van der Waals surface area contributed by atoms with Crippen LogP contribution in [-0.4, -0.2) is 59.2 Å². The van der Waals surface area contributed by atoms with E-state index in [0.29, 0.717) is 25.5 Å². The summed E-state index contributed by atoms with van der Waals surface area (Å²) in [6.07, 6.45) is 1.61. The molecule has 0 unspecified atom stereocenters. The molecule has 1 amide bonds. The molecule has 1 aromatic heterocycles. The zero-order valence-electron chi connectivity index (χ0n) is 12.8. The molecule has 22 heavy (non-hydrogen) atoms. The maximum absolute atomic E-state index is 11.8. The number of nitrogens with zero attached hydrogens (tertiary/aromatic N) is 4. The number of anilines is 1. The van der Waals surface area contributed by atoms with Gasteiger partial charge in [0.05, 0.1) is 11.6 Å². The average Bonchev–Trinajstić information content (AvgIpc) is 2.87. The van der Waals surface area contributed by atoms with Crippen LogP contribution in [0.25, 0.3) is 10.9 Å². The van der Waals surface area contributed by atoms with Crippen LogP contribution in [0.5, 0.6) is 0 Å². The van der Waals surface area contributed by atoms with Crippen molar-refractivity contribution in [2.45, 2.75) is 12.5 Å². The number of hydrogen-bond acceptors (Lipinski definition) is 5. The first-order valence-electron chi connectivity index (χ1n) is 7.39. The highest BCUT2D eigenvalue weighted by Gasteiger charge is 2.34. The molecule has 6 nitrogen and oxygen atoms in total. The van der Waals surface area contributed by atoms with Crippen molar-refractivity contribution in [1.29, 1.82) is 0 Å². The van der Waals surface area contributed by atoms with Gasteiger partial charge in [-0.1, -0.05) is 18.2 Å². The first-order valence-corrected chi connectivity index (χ1v) is 7.39. The van der Waals surface area contributed by atoms with Gasteiger partial charge in [0.15, 0.2) is 0 Å². The van der Waals surface area contributed by atoms with Gasteiger partial charge in [-0.3, -0.25) is 4.79 Å². The molecule has 0 bridgehead atoms. The molecule has 1 aromatic carbocycles. The number of aromatic nitrogens is 2. The lowest BCUT2D eigenvalue weighted by molar-refractivity contribution is -0.130. The topological polar surface area (TPSA) is 69.6 Å². The summed E-state index contributed by atoms with van der Waals surface area (Å²) in [6.45, 7) is 1.06. The quantitative estimate of drug-likeness (QED) is 0.912. The Balaban J connectivity index is 1.76. The summed E-state index contributed by atoms with van der Waals surface area (Å²) in [7, 11) is 3.46. The second-order valence-electron chi connectivity index (χ2n) is 5.95. The Kier molecular flexibility index (Phi) is 3.94. The van der Waals surface area contributed by atoms with E-state index in [2.05, 4.69) is 9.97 Å². The third-order valence-corrected chi connectivity index (χ3v) is 4.10. The number of fused-ring (bicyclic) bond motifs is 1. The van der Waals surface area contributed by atoms with E-state index in [0.717, 1.165) is 10.9 Å². The minimum Gasteiger partial charge on any atom is -0.391 e. The molecule has 1 aliphatic heterocycles. The number of rotatable bonds is 3. The first kappa shape index (κ1) is 14.7. The van der Waals surface area contributed by atoms with Crippen molar-refractivity contribution in [2.75, 3.05) is 32.1 Å². The predicted molar refractivity (Wildman–Crippen MR) is 84.6 cm³/mol. The molecule has 0 radical (unpaired) electrons. The molecule has 0 aliphatic carbocycles. The number of carbonyl (C=O) groups excluding carboxylic acids is 1. The Labute approximate surface area is 129 Å². The van der Waals surface area contributed by atoms with Crippen LogP contribution in [0, 0.1) is 5.92 Å². The van der Waals surface area contributed by atoms with Crippen molar-refractivity contribution in [3.63, 3.8) is 0 Å². The van der Waals surface area contributed by atoms with E-state index < -0.39 is 6.10 Å². The van der Waals surface area contributed by atoms with Gasteiger partial charge >= 0.3 is 0 Å². The highest BCUT2D eigenvalue weighted by molar-refractivity contribution is 5.78. The van der Waals surface area contributed by atoms with Crippen molar-refractivity contribution in [1.82, 2.24) is 14.9 Å². The smallest absolute Gasteiger partial charge is 0.225 e. The third kappa shape index (κ3) is 2.87. The number of para-hydroxylation sites is 1. The van der Waals surface area contributed by atoms with Gasteiger partial charge in [0.25, 0.3) is 0 Å². The van der Waals surface area contributed by atoms with Crippen LogP contribution in [0.15, 0.2) is 30.5 Å². The summed E-state index contributed by atoms with van der Waals surface area (Å²) < 4.78 is 0. The lowest BCUT2D eigenvalue weighted by atomic mass is 10.0. The highest BCUT2D eigenvalue weighted by atomic mass is 16.3. The van der Waals surface area contributed by atoms with Gasteiger partial charge < -0.3 is 14.9 Å². The van der Waals surface area contributed by atoms with E-state index in [-0.39, 0.29) is 11.8 Å². The maximum Gasteiger partial charge on any atom is 0.225 e. The second kappa shape index (κ2) is 5.88.